The average Bonchev–Trinajstić information content (AvgIpc) is 2.84. The van der Waals surface area contributed by atoms with E-state index in [4.69, 9.17) is 5.73 Å². The molecular weight excluding hydrogens is 288 g/mol. The van der Waals surface area contributed by atoms with Crippen molar-refractivity contribution in [2.45, 2.75) is 31.3 Å². The number of benzene rings is 1. The lowest BCUT2D eigenvalue weighted by Gasteiger charge is -2.26. The minimum Gasteiger partial charge on any atom is -0.340 e. The van der Waals surface area contributed by atoms with E-state index in [0.29, 0.717) is 12.8 Å². The third-order valence-corrected chi connectivity index (χ3v) is 5.76. The molecule has 0 saturated carbocycles. The number of rotatable bonds is 5. The number of hydrogen-bond donors (Lipinski definition) is 1. The minimum absolute atomic E-state index is 0.0562. The standard InChI is InChI=1S/C15H22N2O3S/c1-17(13-9-10-21(19,20)11-13)15(18)14(16)8-7-12-5-3-2-4-6-12/h2-6,13-14H,7-11,16H2,1H3/t13?,14-/m0/s1. The van der Waals surface area contributed by atoms with Gasteiger partial charge in [0.05, 0.1) is 17.5 Å². The van der Waals surface area contributed by atoms with Gasteiger partial charge in [-0.15, -0.1) is 0 Å². The molecule has 1 amide bonds. The summed E-state index contributed by atoms with van der Waals surface area (Å²) < 4.78 is 23.0. The molecule has 1 fully saturated rings. The predicted molar refractivity (Wildman–Crippen MR) is 82.6 cm³/mol. The fourth-order valence-electron chi connectivity index (χ4n) is 2.61. The maximum absolute atomic E-state index is 12.3. The Morgan fingerprint density at radius 1 is 1.38 bits per heavy atom. The fourth-order valence-corrected chi connectivity index (χ4v) is 4.39. The molecule has 0 radical (unpaired) electrons. The van der Waals surface area contributed by atoms with Crippen molar-refractivity contribution in [3.8, 4) is 0 Å². The molecule has 2 rings (SSSR count). The zero-order valence-corrected chi connectivity index (χ0v) is 13.1. The molecule has 6 heteroatoms. The van der Waals surface area contributed by atoms with Crippen molar-refractivity contribution in [3.05, 3.63) is 35.9 Å². The molecule has 0 aromatic heterocycles. The van der Waals surface area contributed by atoms with E-state index in [1.165, 1.54) is 4.90 Å². The number of aryl methyl sites for hydroxylation is 1. The summed E-state index contributed by atoms with van der Waals surface area (Å²) in [6.07, 6.45) is 1.81. The zero-order valence-electron chi connectivity index (χ0n) is 12.2. The number of hydrogen-bond acceptors (Lipinski definition) is 4. The monoisotopic (exact) mass is 310 g/mol. The fraction of sp³-hybridized carbons (Fsp3) is 0.533. The van der Waals surface area contributed by atoms with Gasteiger partial charge in [-0.05, 0) is 24.8 Å². The predicted octanol–water partition coefficient (Wildman–Crippen LogP) is 0.592. The van der Waals surface area contributed by atoms with E-state index in [0.717, 1.165) is 12.0 Å². The van der Waals surface area contributed by atoms with E-state index in [2.05, 4.69) is 0 Å². The van der Waals surface area contributed by atoms with Gasteiger partial charge in [-0.1, -0.05) is 30.3 Å². The van der Waals surface area contributed by atoms with Crippen molar-refractivity contribution in [2.24, 2.45) is 5.73 Å². The number of sulfone groups is 1. The van der Waals surface area contributed by atoms with E-state index in [9.17, 15) is 13.2 Å². The van der Waals surface area contributed by atoms with Crippen LogP contribution < -0.4 is 5.73 Å². The Hall–Kier alpha value is -1.40. The third kappa shape index (κ3) is 4.28. The maximum Gasteiger partial charge on any atom is 0.239 e. The smallest absolute Gasteiger partial charge is 0.239 e. The highest BCUT2D eigenvalue weighted by Crippen LogP contribution is 2.17. The third-order valence-electron chi connectivity index (χ3n) is 4.01. The number of amides is 1. The van der Waals surface area contributed by atoms with E-state index in [1.54, 1.807) is 7.05 Å². The number of carbonyl (C=O) groups is 1. The first kappa shape index (κ1) is 16.0. The Kier molecular flexibility index (Phi) is 5.00. The van der Waals surface area contributed by atoms with Crippen LogP contribution in [0.3, 0.4) is 0 Å². The Labute approximate surface area is 126 Å². The molecule has 1 unspecified atom stereocenters. The molecule has 1 heterocycles. The normalized spacial score (nSPS) is 21.9. The summed E-state index contributed by atoms with van der Waals surface area (Å²) in [7, 11) is -1.34. The van der Waals surface area contributed by atoms with E-state index < -0.39 is 15.9 Å². The molecule has 1 aromatic rings. The largest absolute Gasteiger partial charge is 0.340 e. The zero-order chi connectivity index (χ0) is 15.5. The Balaban J connectivity index is 1.87. The molecule has 1 aliphatic heterocycles. The molecule has 1 aromatic carbocycles. The van der Waals surface area contributed by atoms with Crippen LogP contribution in [0.5, 0.6) is 0 Å². The Morgan fingerprint density at radius 3 is 2.62 bits per heavy atom. The SMILES string of the molecule is CN(C(=O)[C@@H](N)CCc1ccccc1)C1CCS(=O)(=O)C1. The summed E-state index contributed by atoms with van der Waals surface area (Å²) in [6, 6.07) is 9.05. The number of carbonyl (C=O) groups excluding carboxylic acids is 1. The first-order valence-corrected chi connectivity index (χ1v) is 8.98. The summed E-state index contributed by atoms with van der Waals surface area (Å²) in [6.45, 7) is 0. The van der Waals surface area contributed by atoms with Crippen molar-refractivity contribution < 1.29 is 13.2 Å². The molecule has 0 bridgehead atoms. The summed E-state index contributed by atoms with van der Waals surface area (Å²) in [5.41, 5.74) is 7.11. The lowest BCUT2D eigenvalue weighted by atomic mass is 10.0. The number of nitrogens with zero attached hydrogens (tertiary/aromatic N) is 1. The first-order chi connectivity index (χ1) is 9.89. The first-order valence-electron chi connectivity index (χ1n) is 7.15. The summed E-state index contributed by atoms with van der Waals surface area (Å²) in [5.74, 6) is 0.0443. The van der Waals surface area contributed by atoms with Crippen LogP contribution in [0.15, 0.2) is 30.3 Å². The van der Waals surface area contributed by atoms with Gasteiger partial charge in [-0.3, -0.25) is 4.79 Å². The average molecular weight is 310 g/mol. The van der Waals surface area contributed by atoms with Crippen LogP contribution >= 0.6 is 0 Å². The van der Waals surface area contributed by atoms with Crippen LogP contribution in [0.2, 0.25) is 0 Å². The van der Waals surface area contributed by atoms with Gasteiger partial charge in [0.2, 0.25) is 5.91 Å². The maximum atomic E-state index is 12.3. The van der Waals surface area contributed by atoms with Gasteiger partial charge < -0.3 is 10.6 Å². The van der Waals surface area contributed by atoms with Gasteiger partial charge >= 0.3 is 0 Å². The molecule has 21 heavy (non-hydrogen) atoms. The lowest BCUT2D eigenvalue weighted by molar-refractivity contribution is -0.133. The van der Waals surface area contributed by atoms with Crippen molar-refractivity contribution in [1.82, 2.24) is 4.90 Å². The second-order valence-electron chi connectivity index (χ2n) is 5.64. The van der Waals surface area contributed by atoms with Crippen LogP contribution in [0, 0.1) is 0 Å². The van der Waals surface area contributed by atoms with E-state index in [1.807, 2.05) is 30.3 Å². The van der Waals surface area contributed by atoms with E-state index >= 15 is 0 Å². The van der Waals surface area contributed by atoms with Crippen molar-refractivity contribution in [3.63, 3.8) is 0 Å². The van der Waals surface area contributed by atoms with Gasteiger partial charge in [0.15, 0.2) is 9.84 Å². The second-order valence-corrected chi connectivity index (χ2v) is 7.87. The Morgan fingerprint density at radius 2 is 2.05 bits per heavy atom. The lowest BCUT2D eigenvalue weighted by Crippen LogP contribution is -2.47. The van der Waals surface area contributed by atoms with Gasteiger partial charge in [0, 0.05) is 13.1 Å². The number of likely N-dealkylation sites (N-methyl/N-ethyl adjacent to an activating group) is 1. The van der Waals surface area contributed by atoms with E-state index in [-0.39, 0.29) is 23.5 Å². The highest BCUT2D eigenvalue weighted by molar-refractivity contribution is 7.91. The highest BCUT2D eigenvalue weighted by atomic mass is 32.2. The quantitative estimate of drug-likeness (QED) is 0.863. The Bertz CT molecular complexity index is 586. The van der Waals surface area contributed by atoms with Gasteiger partial charge in [-0.2, -0.15) is 0 Å². The molecule has 5 nitrogen and oxygen atoms in total. The molecular formula is C15H22N2O3S. The number of nitrogens with two attached hydrogens (primary N) is 1. The van der Waals surface area contributed by atoms with Crippen LogP contribution in [0.1, 0.15) is 18.4 Å². The molecule has 116 valence electrons. The highest BCUT2D eigenvalue weighted by Gasteiger charge is 2.34. The van der Waals surface area contributed by atoms with Crippen molar-refractivity contribution in [2.75, 3.05) is 18.6 Å². The van der Waals surface area contributed by atoms with Crippen molar-refractivity contribution in [1.29, 1.82) is 0 Å². The molecule has 2 atom stereocenters. The molecule has 1 saturated heterocycles. The van der Waals surface area contributed by atoms with Gasteiger partial charge in [-0.25, -0.2) is 8.42 Å². The molecule has 2 N–H and O–H groups in total. The molecule has 1 aliphatic rings. The van der Waals surface area contributed by atoms with Crippen molar-refractivity contribution >= 4 is 15.7 Å². The second kappa shape index (κ2) is 6.58. The van der Waals surface area contributed by atoms with Gasteiger partial charge in [0.25, 0.3) is 0 Å². The molecule has 0 spiro atoms. The topological polar surface area (TPSA) is 80.5 Å². The summed E-state index contributed by atoms with van der Waals surface area (Å²) in [5, 5.41) is 0. The van der Waals surface area contributed by atoms with Crippen LogP contribution in [-0.4, -0.2) is 49.9 Å². The minimum atomic E-state index is -2.99. The summed E-state index contributed by atoms with van der Waals surface area (Å²) in [4.78, 5) is 13.8. The summed E-state index contributed by atoms with van der Waals surface area (Å²) >= 11 is 0. The van der Waals surface area contributed by atoms with Crippen LogP contribution in [-0.2, 0) is 21.1 Å². The van der Waals surface area contributed by atoms with Crippen LogP contribution in [0.25, 0.3) is 0 Å². The van der Waals surface area contributed by atoms with Crippen LogP contribution in [0.4, 0.5) is 0 Å². The van der Waals surface area contributed by atoms with Gasteiger partial charge in [0.1, 0.15) is 0 Å². The molecule has 0 aliphatic carbocycles.